The highest BCUT2D eigenvalue weighted by atomic mass is 19.1. The number of unbranched alkanes of at least 4 members (excludes halogenated alkanes) is 1. The number of nitrogens with one attached hydrogen (secondary N) is 4. The fraction of sp³-hybridized carbons (Fsp3) is 0.421. The number of pyridine rings is 1. The van der Waals surface area contributed by atoms with Gasteiger partial charge in [-0.25, -0.2) is 14.4 Å². The Morgan fingerprint density at radius 2 is 1.96 bits per heavy atom. The molecule has 2 aromatic rings. The Morgan fingerprint density at radius 1 is 1.11 bits per heavy atom. The molecule has 4 N–H and O–H groups in total. The first-order valence-electron chi connectivity index (χ1n) is 9.02. The van der Waals surface area contributed by atoms with E-state index in [1.165, 1.54) is 12.3 Å². The van der Waals surface area contributed by atoms with Crippen LogP contribution in [0.25, 0.3) is 0 Å². The predicted molar refractivity (Wildman–Crippen MR) is 108 cm³/mol. The Kier molecular flexibility index (Phi) is 8.26. The third kappa shape index (κ3) is 6.38. The minimum atomic E-state index is -0.448. The van der Waals surface area contributed by atoms with Gasteiger partial charge in [0.1, 0.15) is 5.82 Å². The van der Waals surface area contributed by atoms with Crippen LogP contribution in [0.1, 0.15) is 31.7 Å². The summed E-state index contributed by atoms with van der Waals surface area (Å²) in [5, 5.41) is 12.0. The molecule has 0 aliphatic rings. The highest BCUT2D eigenvalue weighted by Crippen LogP contribution is 2.19. The van der Waals surface area contributed by atoms with Crippen LogP contribution < -0.4 is 21.3 Å². The smallest absolute Gasteiger partial charge is 0.229 e. The zero-order valence-corrected chi connectivity index (χ0v) is 16.0. The zero-order valence-electron chi connectivity index (χ0n) is 16.0. The predicted octanol–water partition coefficient (Wildman–Crippen LogP) is 2.97. The third-order valence-electron chi connectivity index (χ3n) is 3.62. The van der Waals surface area contributed by atoms with Crippen LogP contribution in [0.4, 0.5) is 27.7 Å². The maximum absolute atomic E-state index is 13.9. The molecule has 0 saturated carbocycles. The van der Waals surface area contributed by atoms with Gasteiger partial charge in [0.15, 0.2) is 11.6 Å². The fourth-order valence-electron chi connectivity index (χ4n) is 2.24. The maximum Gasteiger partial charge on any atom is 0.229 e. The number of aromatic nitrogens is 3. The molecular weight excluding hydrogens is 345 g/mol. The Balaban J connectivity index is 2.16. The molecule has 0 radical (unpaired) electrons. The lowest BCUT2D eigenvalue weighted by Gasteiger charge is -2.10. The monoisotopic (exact) mass is 371 g/mol. The van der Waals surface area contributed by atoms with Gasteiger partial charge in [0, 0.05) is 26.1 Å². The van der Waals surface area contributed by atoms with Gasteiger partial charge in [-0.1, -0.05) is 18.8 Å². The number of hydrogen-bond donors (Lipinski definition) is 4. The summed E-state index contributed by atoms with van der Waals surface area (Å²) in [6.45, 7) is 3.79. The van der Waals surface area contributed by atoms with Crippen molar-refractivity contribution in [3.8, 4) is 11.8 Å². The minimum Gasteiger partial charge on any atom is -0.371 e. The van der Waals surface area contributed by atoms with Gasteiger partial charge in [-0.05, 0) is 26.4 Å². The highest BCUT2D eigenvalue weighted by Gasteiger charge is 2.08. The van der Waals surface area contributed by atoms with Crippen LogP contribution in [-0.2, 0) is 0 Å². The molecule has 2 aromatic heterocycles. The van der Waals surface area contributed by atoms with E-state index in [1.54, 1.807) is 13.2 Å². The number of halogens is 1. The molecule has 0 spiro atoms. The van der Waals surface area contributed by atoms with Gasteiger partial charge in [-0.2, -0.15) is 4.98 Å². The zero-order chi connectivity index (χ0) is 19.5. The van der Waals surface area contributed by atoms with Crippen LogP contribution in [-0.4, -0.2) is 42.1 Å². The number of anilines is 4. The molecule has 2 rings (SSSR count). The van der Waals surface area contributed by atoms with Crippen LogP contribution in [0.3, 0.4) is 0 Å². The average Bonchev–Trinajstić information content (AvgIpc) is 2.67. The Labute approximate surface area is 159 Å². The second-order valence-corrected chi connectivity index (χ2v) is 5.82. The van der Waals surface area contributed by atoms with E-state index < -0.39 is 5.82 Å². The van der Waals surface area contributed by atoms with Crippen molar-refractivity contribution in [1.82, 2.24) is 20.3 Å². The van der Waals surface area contributed by atoms with Crippen molar-refractivity contribution in [2.75, 3.05) is 43.1 Å². The molecule has 0 amide bonds. The van der Waals surface area contributed by atoms with Crippen LogP contribution in [0.5, 0.6) is 0 Å². The summed E-state index contributed by atoms with van der Waals surface area (Å²) in [5.74, 6) is 7.03. The van der Waals surface area contributed by atoms with Crippen molar-refractivity contribution in [3.63, 3.8) is 0 Å². The van der Waals surface area contributed by atoms with Gasteiger partial charge < -0.3 is 21.3 Å². The molecule has 0 aromatic carbocycles. The molecule has 0 fully saturated rings. The molecule has 0 aliphatic carbocycles. The first kappa shape index (κ1) is 20.4. The summed E-state index contributed by atoms with van der Waals surface area (Å²) in [6.07, 6.45) is 5.94. The summed E-state index contributed by atoms with van der Waals surface area (Å²) in [5.41, 5.74) is 1.21. The van der Waals surface area contributed by atoms with E-state index in [0.717, 1.165) is 37.9 Å². The Bertz CT molecular complexity index is 798. The second-order valence-electron chi connectivity index (χ2n) is 5.82. The third-order valence-corrected chi connectivity index (χ3v) is 3.62. The van der Waals surface area contributed by atoms with Gasteiger partial charge in [0.2, 0.25) is 5.95 Å². The summed E-state index contributed by atoms with van der Waals surface area (Å²) in [4.78, 5) is 12.8. The molecule has 0 aliphatic heterocycles. The Morgan fingerprint density at radius 3 is 2.67 bits per heavy atom. The van der Waals surface area contributed by atoms with Crippen molar-refractivity contribution in [1.29, 1.82) is 0 Å². The molecule has 0 bridgehead atoms. The van der Waals surface area contributed by atoms with Gasteiger partial charge in [-0.3, -0.25) is 0 Å². The van der Waals surface area contributed by atoms with E-state index in [-0.39, 0.29) is 5.82 Å². The second kappa shape index (κ2) is 10.9. The van der Waals surface area contributed by atoms with Crippen molar-refractivity contribution in [3.05, 3.63) is 29.8 Å². The Hall–Kier alpha value is -2.92. The summed E-state index contributed by atoms with van der Waals surface area (Å²) >= 11 is 0. The number of hydrogen-bond acceptors (Lipinski definition) is 7. The average molecular weight is 371 g/mol. The summed E-state index contributed by atoms with van der Waals surface area (Å²) < 4.78 is 13.9. The molecule has 27 heavy (non-hydrogen) atoms. The number of rotatable bonds is 9. The van der Waals surface area contributed by atoms with Crippen molar-refractivity contribution in [2.45, 2.75) is 26.2 Å². The van der Waals surface area contributed by atoms with Crippen LogP contribution in [0, 0.1) is 17.7 Å². The molecular formula is C19H26FN7. The lowest BCUT2D eigenvalue weighted by molar-refractivity contribution is 0.626. The first-order chi connectivity index (χ1) is 13.2. The van der Waals surface area contributed by atoms with E-state index >= 15 is 0 Å². The van der Waals surface area contributed by atoms with E-state index in [2.05, 4.69) is 55.0 Å². The lowest BCUT2D eigenvalue weighted by atomic mass is 10.2. The fourth-order valence-corrected chi connectivity index (χ4v) is 2.24. The van der Waals surface area contributed by atoms with Crippen LogP contribution in [0.15, 0.2) is 18.5 Å². The maximum atomic E-state index is 13.9. The molecule has 0 unspecified atom stereocenters. The van der Waals surface area contributed by atoms with Gasteiger partial charge in [0.05, 0.1) is 23.6 Å². The molecule has 0 saturated heterocycles. The van der Waals surface area contributed by atoms with Crippen molar-refractivity contribution >= 4 is 23.3 Å². The van der Waals surface area contributed by atoms with Gasteiger partial charge in [0.25, 0.3) is 0 Å². The largest absolute Gasteiger partial charge is 0.371 e. The van der Waals surface area contributed by atoms with Crippen LogP contribution >= 0.6 is 0 Å². The normalized spacial score (nSPS) is 10.1. The highest BCUT2D eigenvalue weighted by molar-refractivity contribution is 5.60. The topological polar surface area (TPSA) is 86.8 Å². The molecule has 8 heteroatoms. The quantitative estimate of drug-likeness (QED) is 0.398. The molecule has 0 atom stereocenters. The molecule has 2 heterocycles. The number of nitrogens with zero attached hydrogens (tertiary/aromatic N) is 3. The van der Waals surface area contributed by atoms with Gasteiger partial charge in [-0.15, -0.1) is 0 Å². The molecule has 7 nitrogen and oxygen atoms in total. The summed E-state index contributed by atoms with van der Waals surface area (Å²) in [6, 6.07) is 1.34. The van der Waals surface area contributed by atoms with E-state index in [9.17, 15) is 4.39 Å². The van der Waals surface area contributed by atoms with Crippen molar-refractivity contribution in [2.24, 2.45) is 0 Å². The standard InChI is InChI=1S/C19H26FN7/c1-4-9-23-17-14(8-6-5-7-10-21-2)12-25-19(27-17)26-15-11-16(20)18(22-3)24-13-15/h11-13,21H,4-5,7,9-10H2,1-3H3,(H,22,24)(H2,23,25,26,27). The summed E-state index contributed by atoms with van der Waals surface area (Å²) in [7, 11) is 3.54. The van der Waals surface area contributed by atoms with E-state index in [4.69, 9.17) is 0 Å². The minimum absolute atomic E-state index is 0.190. The van der Waals surface area contributed by atoms with Crippen molar-refractivity contribution < 1.29 is 4.39 Å². The van der Waals surface area contributed by atoms with Crippen LogP contribution in [0.2, 0.25) is 0 Å². The van der Waals surface area contributed by atoms with E-state index in [0.29, 0.717) is 17.5 Å². The van der Waals surface area contributed by atoms with Gasteiger partial charge >= 0.3 is 0 Å². The SMILES string of the molecule is CCCNc1nc(Nc2cnc(NC)c(F)c2)ncc1C#CCCCNC. The molecule has 144 valence electrons. The first-order valence-corrected chi connectivity index (χ1v) is 9.02. The van der Waals surface area contributed by atoms with E-state index in [1.807, 2.05) is 7.05 Å². The lowest BCUT2D eigenvalue weighted by Crippen LogP contribution is -2.08.